The third-order valence-electron chi connectivity index (χ3n) is 2.28. The maximum Gasteiger partial charge on any atom is 0.149 e. The van der Waals surface area contributed by atoms with Crippen LogP contribution in [0, 0.1) is 5.92 Å². The van der Waals surface area contributed by atoms with Crippen LogP contribution >= 0.6 is 0 Å². The second-order valence-electron chi connectivity index (χ2n) is 3.00. The fraction of sp³-hybridized carbons (Fsp3) is 0.875. The highest BCUT2D eigenvalue weighted by Crippen LogP contribution is 2.27. The predicted octanol–water partition coefficient (Wildman–Crippen LogP) is 0.624. The van der Waals surface area contributed by atoms with Crippen molar-refractivity contribution in [2.45, 2.75) is 32.2 Å². The van der Waals surface area contributed by atoms with Gasteiger partial charge in [-0.05, 0) is 6.92 Å². The SMILES string of the molecule is COC1[C@H](C)O[C@H](C=O)[C@@H]1C. The van der Waals surface area contributed by atoms with Crippen molar-refractivity contribution in [3.05, 3.63) is 0 Å². The van der Waals surface area contributed by atoms with Crippen molar-refractivity contribution in [1.29, 1.82) is 0 Å². The van der Waals surface area contributed by atoms with Crippen LogP contribution in [0.4, 0.5) is 0 Å². The second-order valence-corrected chi connectivity index (χ2v) is 3.00. The second kappa shape index (κ2) is 3.32. The molecule has 64 valence electrons. The van der Waals surface area contributed by atoms with Crippen LogP contribution in [0.25, 0.3) is 0 Å². The Kier molecular flexibility index (Phi) is 2.62. The maximum atomic E-state index is 10.4. The van der Waals surface area contributed by atoms with Crippen LogP contribution in [0.1, 0.15) is 13.8 Å². The van der Waals surface area contributed by atoms with Crippen molar-refractivity contribution >= 4 is 6.29 Å². The van der Waals surface area contributed by atoms with Crippen LogP contribution < -0.4 is 0 Å². The highest BCUT2D eigenvalue weighted by molar-refractivity contribution is 5.57. The third kappa shape index (κ3) is 1.44. The number of aldehydes is 1. The molecule has 1 rings (SSSR count). The molecule has 0 aromatic rings. The van der Waals surface area contributed by atoms with E-state index in [0.717, 1.165) is 6.29 Å². The molecule has 3 heteroatoms. The fourth-order valence-corrected chi connectivity index (χ4v) is 1.63. The average molecular weight is 158 g/mol. The largest absolute Gasteiger partial charge is 0.378 e. The van der Waals surface area contributed by atoms with E-state index in [0.29, 0.717) is 0 Å². The van der Waals surface area contributed by atoms with Gasteiger partial charge in [-0.15, -0.1) is 0 Å². The highest BCUT2D eigenvalue weighted by Gasteiger charge is 2.39. The van der Waals surface area contributed by atoms with Gasteiger partial charge < -0.3 is 14.3 Å². The summed E-state index contributed by atoms with van der Waals surface area (Å²) in [5.41, 5.74) is 0. The van der Waals surface area contributed by atoms with Gasteiger partial charge in [0.05, 0.1) is 12.2 Å². The fourth-order valence-electron chi connectivity index (χ4n) is 1.63. The van der Waals surface area contributed by atoms with E-state index < -0.39 is 0 Å². The molecule has 0 N–H and O–H groups in total. The molecule has 11 heavy (non-hydrogen) atoms. The summed E-state index contributed by atoms with van der Waals surface area (Å²) in [6, 6.07) is 0. The molecule has 0 aromatic heterocycles. The van der Waals surface area contributed by atoms with E-state index in [-0.39, 0.29) is 24.2 Å². The molecule has 1 aliphatic rings. The van der Waals surface area contributed by atoms with E-state index in [1.54, 1.807) is 7.11 Å². The molecule has 4 atom stereocenters. The van der Waals surface area contributed by atoms with E-state index in [4.69, 9.17) is 9.47 Å². The quantitative estimate of drug-likeness (QED) is 0.553. The Balaban J connectivity index is 2.62. The van der Waals surface area contributed by atoms with Crippen molar-refractivity contribution in [3.63, 3.8) is 0 Å². The van der Waals surface area contributed by atoms with Crippen molar-refractivity contribution in [1.82, 2.24) is 0 Å². The number of ether oxygens (including phenoxy) is 2. The Labute approximate surface area is 66.7 Å². The number of carbonyl (C=O) groups excluding carboxylic acids is 1. The zero-order chi connectivity index (χ0) is 8.43. The molecule has 0 aromatic carbocycles. The van der Waals surface area contributed by atoms with Crippen LogP contribution in [-0.2, 0) is 14.3 Å². The molecule has 0 spiro atoms. The van der Waals surface area contributed by atoms with Gasteiger partial charge in [0.2, 0.25) is 0 Å². The first kappa shape index (κ1) is 8.68. The third-order valence-corrected chi connectivity index (χ3v) is 2.28. The van der Waals surface area contributed by atoms with Crippen molar-refractivity contribution in [2.24, 2.45) is 5.92 Å². The van der Waals surface area contributed by atoms with E-state index >= 15 is 0 Å². The van der Waals surface area contributed by atoms with Gasteiger partial charge in [-0.3, -0.25) is 0 Å². The molecular formula is C8H14O3. The first-order chi connectivity index (χ1) is 5.20. The van der Waals surface area contributed by atoms with Gasteiger partial charge >= 0.3 is 0 Å². The van der Waals surface area contributed by atoms with Crippen LogP contribution in [0.3, 0.4) is 0 Å². The van der Waals surface area contributed by atoms with Crippen LogP contribution in [0.5, 0.6) is 0 Å². The number of rotatable bonds is 2. The molecular weight excluding hydrogens is 144 g/mol. The topological polar surface area (TPSA) is 35.5 Å². The Morgan fingerprint density at radius 3 is 2.36 bits per heavy atom. The van der Waals surface area contributed by atoms with Gasteiger partial charge in [-0.1, -0.05) is 6.92 Å². The molecule has 1 saturated heterocycles. The molecule has 0 aliphatic carbocycles. The minimum Gasteiger partial charge on any atom is -0.378 e. The summed E-state index contributed by atoms with van der Waals surface area (Å²) in [4.78, 5) is 10.4. The smallest absolute Gasteiger partial charge is 0.149 e. The predicted molar refractivity (Wildman–Crippen MR) is 40.4 cm³/mol. The van der Waals surface area contributed by atoms with Gasteiger partial charge in [-0.25, -0.2) is 0 Å². The molecule has 1 heterocycles. The van der Waals surface area contributed by atoms with Crippen LogP contribution in [0.2, 0.25) is 0 Å². The lowest BCUT2D eigenvalue weighted by molar-refractivity contribution is -0.118. The molecule has 0 radical (unpaired) electrons. The zero-order valence-corrected chi connectivity index (χ0v) is 7.11. The van der Waals surface area contributed by atoms with E-state index in [1.165, 1.54) is 0 Å². The van der Waals surface area contributed by atoms with Crippen LogP contribution in [-0.4, -0.2) is 31.7 Å². The number of methoxy groups -OCH3 is 1. The van der Waals surface area contributed by atoms with Crippen molar-refractivity contribution in [3.8, 4) is 0 Å². The summed E-state index contributed by atoms with van der Waals surface area (Å²) in [5, 5.41) is 0. The minimum absolute atomic E-state index is 0.0326. The molecule has 0 amide bonds. The summed E-state index contributed by atoms with van der Waals surface area (Å²) in [5.74, 6) is 0.174. The lowest BCUT2D eigenvalue weighted by atomic mass is 10.00. The molecule has 1 unspecified atom stereocenters. The van der Waals surface area contributed by atoms with Gasteiger partial charge in [0.1, 0.15) is 12.4 Å². The first-order valence-electron chi connectivity index (χ1n) is 3.84. The number of hydrogen-bond donors (Lipinski definition) is 0. The number of hydrogen-bond acceptors (Lipinski definition) is 3. The minimum atomic E-state index is -0.282. The Bertz CT molecular complexity index is 146. The monoisotopic (exact) mass is 158 g/mol. The zero-order valence-electron chi connectivity index (χ0n) is 7.11. The van der Waals surface area contributed by atoms with Gasteiger partial charge in [0, 0.05) is 13.0 Å². The van der Waals surface area contributed by atoms with Gasteiger partial charge in [0.25, 0.3) is 0 Å². The van der Waals surface area contributed by atoms with E-state index in [9.17, 15) is 4.79 Å². The normalized spacial score (nSPS) is 44.3. The Morgan fingerprint density at radius 1 is 1.45 bits per heavy atom. The van der Waals surface area contributed by atoms with Crippen molar-refractivity contribution in [2.75, 3.05) is 7.11 Å². The van der Waals surface area contributed by atoms with Crippen LogP contribution in [0.15, 0.2) is 0 Å². The molecule has 1 fully saturated rings. The average Bonchev–Trinajstić information content (AvgIpc) is 2.26. The summed E-state index contributed by atoms with van der Waals surface area (Å²) >= 11 is 0. The van der Waals surface area contributed by atoms with E-state index in [2.05, 4.69) is 0 Å². The standard InChI is InChI=1S/C8H14O3/c1-5-7(4-9)11-6(2)8(5)10-3/h4-8H,1-3H3/t5-,6-,7+,8?/m0/s1. The summed E-state index contributed by atoms with van der Waals surface area (Å²) in [6.07, 6.45) is 0.658. The van der Waals surface area contributed by atoms with E-state index in [1.807, 2.05) is 13.8 Å². The maximum absolute atomic E-state index is 10.4. The summed E-state index contributed by atoms with van der Waals surface area (Å²) < 4.78 is 10.5. The Hall–Kier alpha value is -0.410. The van der Waals surface area contributed by atoms with Crippen molar-refractivity contribution < 1.29 is 14.3 Å². The molecule has 3 nitrogen and oxygen atoms in total. The molecule has 0 saturated carbocycles. The summed E-state index contributed by atoms with van der Waals surface area (Å²) in [7, 11) is 1.65. The molecule has 0 bridgehead atoms. The Morgan fingerprint density at radius 2 is 2.09 bits per heavy atom. The first-order valence-corrected chi connectivity index (χ1v) is 3.84. The lowest BCUT2D eigenvalue weighted by Gasteiger charge is -2.15. The lowest BCUT2D eigenvalue weighted by Crippen LogP contribution is -2.26. The number of carbonyl (C=O) groups is 1. The summed E-state index contributed by atoms with van der Waals surface area (Å²) in [6.45, 7) is 3.89. The molecule has 1 aliphatic heterocycles. The van der Waals surface area contributed by atoms with Gasteiger partial charge in [0.15, 0.2) is 0 Å². The van der Waals surface area contributed by atoms with Gasteiger partial charge in [-0.2, -0.15) is 0 Å². The highest BCUT2D eigenvalue weighted by atomic mass is 16.6.